The van der Waals surface area contributed by atoms with Gasteiger partial charge < -0.3 is 11.5 Å². The zero-order valence-corrected chi connectivity index (χ0v) is 9.82. The van der Waals surface area contributed by atoms with Gasteiger partial charge in [-0.2, -0.15) is 0 Å². The van der Waals surface area contributed by atoms with Crippen molar-refractivity contribution in [3.05, 3.63) is 58.8 Å². The number of nitrogens with zero attached hydrogens (tertiary/aromatic N) is 1. The van der Waals surface area contributed by atoms with E-state index in [0.717, 1.165) is 23.8 Å². The molecule has 1 atom stereocenters. The molecule has 0 aliphatic heterocycles. The highest BCUT2D eigenvalue weighted by Gasteiger charge is 2.17. The maximum absolute atomic E-state index is 13.6. The summed E-state index contributed by atoms with van der Waals surface area (Å²) in [6.07, 6.45) is 1.59. The lowest BCUT2D eigenvalue weighted by Gasteiger charge is -2.15. The summed E-state index contributed by atoms with van der Waals surface area (Å²) in [4.78, 5) is 3.96. The van der Waals surface area contributed by atoms with Crippen molar-refractivity contribution in [1.82, 2.24) is 4.98 Å². The molecule has 0 radical (unpaired) electrons. The van der Waals surface area contributed by atoms with Crippen molar-refractivity contribution in [3.63, 3.8) is 0 Å². The van der Waals surface area contributed by atoms with Crippen molar-refractivity contribution in [3.8, 4) is 0 Å². The summed E-state index contributed by atoms with van der Waals surface area (Å²) in [6, 6.07) is 4.04. The molecule has 3 nitrogen and oxygen atoms in total. The highest BCUT2D eigenvalue weighted by molar-refractivity contribution is 5.47. The first-order valence-corrected chi connectivity index (χ1v) is 5.41. The van der Waals surface area contributed by atoms with Gasteiger partial charge in [0.05, 0.1) is 6.04 Å². The summed E-state index contributed by atoms with van der Waals surface area (Å²) < 4.78 is 26.8. The number of rotatable bonds is 2. The van der Waals surface area contributed by atoms with Gasteiger partial charge in [0.1, 0.15) is 17.5 Å². The van der Waals surface area contributed by atoms with Gasteiger partial charge in [-0.1, -0.05) is 0 Å². The molecule has 2 aromatic rings. The van der Waals surface area contributed by atoms with Crippen LogP contribution >= 0.6 is 0 Å². The van der Waals surface area contributed by atoms with Crippen LogP contribution in [0.1, 0.15) is 22.7 Å². The van der Waals surface area contributed by atoms with Crippen molar-refractivity contribution < 1.29 is 8.78 Å². The van der Waals surface area contributed by atoms with Gasteiger partial charge in [-0.25, -0.2) is 13.8 Å². The highest BCUT2D eigenvalue weighted by Crippen LogP contribution is 2.26. The number of pyridine rings is 1. The zero-order chi connectivity index (χ0) is 13.3. The molecule has 1 unspecified atom stereocenters. The third kappa shape index (κ3) is 2.31. The van der Waals surface area contributed by atoms with Gasteiger partial charge in [0.2, 0.25) is 0 Å². The van der Waals surface area contributed by atoms with E-state index in [1.165, 1.54) is 0 Å². The van der Waals surface area contributed by atoms with E-state index in [4.69, 9.17) is 11.5 Å². The van der Waals surface area contributed by atoms with E-state index in [1.807, 2.05) is 6.92 Å². The van der Waals surface area contributed by atoms with Crippen LogP contribution in [-0.4, -0.2) is 4.98 Å². The molecule has 0 saturated carbocycles. The molecule has 0 fully saturated rings. The van der Waals surface area contributed by atoms with E-state index in [-0.39, 0.29) is 11.4 Å². The molecule has 0 saturated heterocycles. The number of hydrogen-bond acceptors (Lipinski definition) is 3. The molecule has 0 aliphatic rings. The first-order valence-electron chi connectivity index (χ1n) is 5.41. The predicted octanol–water partition coefficient (Wildman–Crippen LogP) is 2.30. The number of aryl methyl sites for hydroxylation is 1. The molecular weight excluding hydrogens is 236 g/mol. The van der Waals surface area contributed by atoms with E-state index in [0.29, 0.717) is 5.56 Å². The van der Waals surface area contributed by atoms with E-state index >= 15 is 0 Å². The molecule has 94 valence electrons. The van der Waals surface area contributed by atoms with E-state index < -0.39 is 17.7 Å². The normalized spacial score (nSPS) is 12.4. The maximum atomic E-state index is 13.6. The molecule has 5 heteroatoms. The number of nitrogens with two attached hydrogens (primary N) is 2. The van der Waals surface area contributed by atoms with Gasteiger partial charge in [-0.15, -0.1) is 0 Å². The van der Waals surface area contributed by atoms with Crippen LogP contribution in [0, 0.1) is 18.6 Å². The van der Waals surface area contributed by atoms with Crippen LogP contribution in [0.5, 0.6) is 0 Å². The minimum absolute atomic E-state index is 0.0640. The minimum atomic E-state index is -0.840. The molecule has 0 bridgehead atoms. The van der Waals surface area contributed by atoms with Gasteiger partial charge >= 0.3 is 0 Å². The molecule has 0 spiro atoms. The molecule has 0 amide bonds. The first kappa shape index (κ1) is 12.4. The Balaban J connectivity index is 2.50. The van der Waals surface area contributed by atoms with Crippen LogP contribution < -0.4 is 11.5 Å². The minimum Gasteiger partial charge on any atom is -0.383 e. The number of benzene rings is 1. The van der Waals surface area contributed by atoms with Crippen LogP contribution in [0.3, 0.4) is 0 Å². The Morgan fingerprint density at radius 3 is 2.61 bits per heavy atom. The molecule has 0 aliphatic carbocycles. The van der Waals surface area contributed by atoms with Crippen LogP contribution in [0.25, 0.3) is 0 Å². The van der Waals surface area contributed by atoms with Crippen molar-refractivity contribution in [1.29, 1.82) is 0 Å². The largest absolute Gasteiger partial charge is 0.383 e. The molecule has 2 rings (SSSR count). The van der Waals surface area contributed by atoms with E-state index in [2.05, 4.69) is 4.98 Å². The van der Waals surface area contributed by atoms with E-state index in [9.17, 15) is 8.78 Å². The fraction of sp³-hybridized carbons (Fsp3) is 0.154. The van der Waals surface area contributed by atoms with Gasteiger partial charge in [0, 0.05) is 17.3 Å². The lowest BCUT2D eigenvalue weighted by molar-refractivity contribution is 0.576. The van der Waals surface area contributed by atoms with Crippen LogP contribution in [0.4, 0.5) is 14.6 Å². The Bertz CT molecular complexity index is 533. The summed E-state index contributed by atoms with van der Waals surface area (Å²) in [5, 5.41) is 0. The molecule has 1 heterocycles. The molecule has 1 aromatic heterocycles. The smallest absolute Gasteiger partial charge is 0.128 e. The Morgan fingerprint density at radius 2 is 1.89 bits per heavy atom. The number of anilines is 1. The lowest BCUT2D eigenvalue weighted by atomic mass is 9.98. The summed E-state index contributed by atoms with van der Waals surface area (Å²) in [6.45, 7) is 1.82. The van der Waals surface area contributed by atoms with Crippen molar-refractivity contribution in [2.45, 2.75) is 13.0 Å². The standard InChI is InChI=1S/C13H13F2N3/c1-7-4-10(13(17)18-6-7)12(16)9-5-8(14)2-3-11(9)15/h2-6,12H,16H2,1H3,(H2,17,18). The number of halogens is 2. The van der Waals surface area contributed by atoms with Crippen molar-refractivity contribution in [2.24, 2.45) is 5.73 Å². The quantitative estimate of drug-likeness (QED) is 0.858. The Labute approximate surface area is 103 Å². The Hall–Kier alpha value is -2.01. The summed E-state index contributed by atoms with van der Waals surface area (Å²) in [5.41, 5.74) is 13.0. The van der Waals surface area contributed by atoms with Crippen molar-refractivity contribution in [2.75, 3.05) is 5.73 Å². The van der Waals surface area contributed by atoms with Gasteiger partial charge in [0.25, 0.3) is 0 Å². The topological polar surface area (TPSA) is 64.9 Å². The van der Waals surface area contributed by atoms with Crippen LogP contribution in [0.2, 0.25) is 0 Å². The van der Waals surface area contributed by atoms with Crippen molar-refractivity contribution >= 4 is 5.82 Å². The van der Waals surface area contributed by atoms with Crippen LogP contribution in [0.15, 0.2) is 30.5 Å². The molecule has 4 N–H and O–H groups in total. The zero-order valence-electron chi connectivity index (χ0n) is 9.82. The summed E-state index contributed by atoms with van der Waals surface area (Å²) in [5.74, 6) is -0.886. The second-order valence-corrected chi connectivity index (χ2v) is 4.13. The molecular formula is C13H13F2N3. The maximum Gasteiger partial charge on any atom is 0.128 e. The first-order chi connectivity index (χ1) is 8.49. The summed E-state index contributed by atoms with van der Waals surface area (Å²) in [7, 11) is 0. The third-order valence-corrected chi connectivity index (χ3v) is 2.71. The Morgan fingerprint density at radius 1 is 1.17 bits per heavy atom. The lowest BCUT2D eigenvalue weighted by Crippen LogP contribution is -2.16. The van der Waals surface area contributed by atoms with Crippen LogP contribution in [-0.2, 0) is 0 Å². The molecule has 18 heavy (non-hydrogen) atoms. The SMILES string of the molecule is Cc1cnc(N)c(C(N)c2cc(F)ccc2F)c1. The third-order valence-electron chi connectivity index (χ3n) is 2.71. The fourth-order valence-electron chi connectivity index (χ4n) is 1.77. The van der Waals surface area contributed by atoms with Gasteiger partial charge in [-0.3, -0.25) is 0 Å². The Kier molecular flexibility index (Phi) is 3.25. The molecule has 1 aromatic carbocycles. The summed E-state index contributed by atoms with van der Waals surface area (Å²) >= 11 is 0. The average molecular weight is 249 g/mol. The number of aromatic nitrogens is 1. The number of nitrogen functional groups attached to an aromatic ring is 1. The second-order valence-electron chi connectivity index (χ2n) is 4.13. The fourth-order valence-corrected chi connectivity index (χ4v) is 1.77. The predicted molar refractivity (Wildman–Crippen MR) is 65.8 cm³/mol. The monoisotopic (exact) mass is 249 g/mol. The second kappa shape index (κ2) is 4.70. The average Bonchev–Trinajstić information content (AvgIpc) is 2.34. The van der Waals surface area contributed by atoms with E-state index in [1.54, 1.807) is 12.3 Å². The van der Waals surface area contributed by atoms with Gasteiger partial charge in [0.15, 0.2) is 0 Å². The van der Waals surface area contributed by atoms with Gasteiger partial charge in [-0.05, 0) is 36.8 Å². The highest BCUT2D eigenvalue weighted by atomic mass is 19.1. The number of hydrogen-bond donors (Lipinski definition) is 2.